The molecule has 0 aliphatic heterocycles. The van der Waals surface area contributed by atoms with E-state index in [-0.39, 0.29) is 12.5 Å². The third kappa shape index (κ3) is 5.08. The highest BCUT2D eigenvalue weighted by Gasteiger charge is 2.15. The number of amides is 1. The number of hydrogen-bond acceptors (Lipinski definition) is 4. The minimum absolute atomic E-state index is 0.335. The van der Waals surface area contributed by atoms with Crippen molar-refractivity contribution in [3.8, 4) is 5.75 Å². The molecule has 0 unspecified atom stereocenters. The first kappa shape index (κ1) is 18.5. The van der Waals surface area contributed by atoms with Gasteiger partial charge < -0.3 is 14.8 Å². The van der Waals surface area contributed by atoms with Gasteiger partial charge in [-0.15, -0.1) is 0 Å². The van der Waals surface area contributed by atoms with Crippen LogP contribution in [0, 0.1) is 20.8 Å². The number of rotatable bonds is 6. The van der Waals surface area contributed by atoms with Crippen molar-refractivity contribution in [2.24, 2.45) is 0 Å². The second kappa shape index (κ2) is 8.33. The van der Waals surface area contributed by atoms with Gasteiger partial charge in [0.15, 0.2) is 6.61 Å². The van der Waals surface area contributed by atoms with Gasteiger partial charge >= 0.3 is 5.97 Å². The predicted octanol–water partition coefficient (Wildman–Crippen LogP) is 3.81. The number of carbonyl (C=O) groups is 2. The second-order valence-corrected chi connectivity index (χ2v) is 5.86. The fraction of sp³-hybridized carbons (Fsp3) is 0.300. The van der Waals surface area contributed by atoms with Crippen LogP contribution in [0.5, 0.6) is 5.75 Å². The van der Waals surface area contributed by atoms with E-state index < -0.39 is 5.97 Å². The molecule has 0 bridgehead atoms. The molecule has 25 heavy (non-hydrogen) atoms. The van der Waals surface area contributed by atoms with Gasteiger partial charge in [-0.1, -0.05) is 17.7 Å². The minimum atomic E-state index is -0.489. The van der Waals surface area contributed by atoms with E-state index in [0.717, 1.165) is 22.4 Å². The van der Waals surface area contributed by atoms with Crippen LogP contribution in [0.4, 0.5) is 5.69 Å². The number of aryl methyl sites for hydroxylation is 3. The van der Waals surface area contributed by atoms with Gasteiger partial charge in [-0.3, -0.25) is 4.79 Å². The molecule has 5 nitrogen and oxygen atoms in total. The van der Waals surface area contributed by atoms with Gasteiger partial charge in [-0.05, 0) is 63.1 Å². The average molecular weight is 341 g/mol. The molecule has 0 spiro atoms. The van der Waals surface area contributed by atoms with Crippen LogP contribution in [0.1, 0.15) is 34.0 Å². The van der Waals surface area contributed by atoms with Gasteiger partial charge in [-0.2, -0.15) is 0 Å². The van der Waals surface area contributed by atoms with Crippen LogP contribution in [-0.4, -0.2) is 25.1 Å². The fourth-order valence-electron chi connectivity index (χ4n) is 2.70. The van der Waals surface area contributed by atoms with Crippen LogP contribution in [-0.2, 0) is 9.53 Å². The molecular formula is C20H23NO4. The van der Waals surface area contributed by atoms with E-state index in [9.17, 15) is 9.59 Å². The molecule has 0 saturated carbocycles. The zero-order chi connectivity index (χ0) is 18.4. The molecule has 0 fully saturated rings. The van der Waals surface area contributed by atoms with Gasteiger partial charge in [-0.25, -0.2) is 4.79 Å². The molecule has 1 amide bonds. The van der Waals surface area contributed by atoms with E-state index in [1.165, 1.54) is 0 Å². The first-order chi connectivity index (χ1) is 11.9. The molecule has 5 heteroatoms. The number of nitrogens with one attached hydrogen (secondary N) is 1. The van der Waals surface area contributed by atoms with E-state index in [1.807, 2.05) is 39.8 Å². The van der Waals surface area contributed by atoms with E-state index in [4.69, 9.17) is 9.47 Å². The van der Waals surface area contributed by atoms with Gasteiger partial charge in [0.05, 0.1) is 12.2 Å². The maximum absolute atomic E-state index is 12.3. The van der Waals surface area contributed by atoms with Crippen molar-refractivity contribution in [2.45, 2.75) is 27.7 Å². The predicted molar refractivity (Wildman–Crippen MR) is 97.2 cm³/mol. The van der Waals surface area contributed by atoms with E-state index >= 15 is 0 Å². The molecule has 2 aromatic carbocycles. The highest BCUT2D eigenvalue weighted by Crippen LogP contribution is 2.18. The first-order valence-corrected chi connectivity index (χ1v) is 8.18. The van der Waals surface area contributed by atoms with Crippen molar-refractivity contribution in [1.82, 2.24) is 0 Å². The van der Waals surface area contributed by atoms with E-state index in [1.54, 1.807) is 24.3 Å². The van der Waals surface area contributed by atoms with Crippen molar-refractivity contribution in [1.29, 1.82) is 0 Å². The number of ether oxygens (including phenoxy) is 2. The van der Waals surface area contributed by atoms with Crippen molar-refractivity contribution >= 4 is 17.6 Å². The first-order valence-electron chi connectivity index (χ1n) is 8.18. The van der Waals surface area contributed by atoms with Crippen LogP contribution < -0.4 is 10.1 Å². The van der Waals surface area contributed by atoms with E-state index in [0.29, 0.717) is 17.9 Å². The third-order valence-corrected chi connectivity index (χ3v) is 3.66. The standard InChI is InChI=1S/C20H23NO4/c1-5-24-17-8-6-16(7-9-17)21-18(22)12-25-20(23)19-14(3)10-13(2)11-15(19)4/h6-11H,5,12H2,1-4H3,(H,21,22). The van der Waals surface area contributed by atoms with Crippen LogP contribution in [0.15, 0.2) is 36.4 Å². The van der Waals surface area contributed by atoms with Crippen molar-refractivity contribution in [2.75, 3.05) is 18.5 Å². The van der Waals surface area contributed by atoms with Gasteiger partial charge in [0.25, 0.3) is 5.91 Å². The lowest BCUT2D eigenvalue weighted by atomic mass is 10.00. The Labute approximate surface area is 148 Å². The zero-order valence-electron chi connectivity index (χ0n) is 15.0. The van der Waals surface area contributed by atoms with Crippen LogP contribution in [0.3, 0.4) is 0 Å². The SMILES string of the molecule is CCOc1ccc(NC(=O)COC(=O)c2c(C)cc(C)cc2C)cc1. The summed E-state index contributed by atoms with van der Waals surface area (Å²) in [6.45, 7) is 7.84. The number of esters is 1. The minimum Gasteiger partial charge on any atom is -0.494 e. The maximum Gasteiger partial charge on any atom is 0.339 e. The second-order valence-electron chi connectivity index (χ2n) is 5.86. The lowest BCUT2D eigenvalue weighted by Gasteiger charge is -2.11. The number of anilines is 1. The third-order valence-electron chi connectivity index (χ3n) is 3.66. The molecule has 132 valence electrons. The van der Waals surface area contributed by atoms with Crippen LogP contribution in [0.25, 0.3) is 0 Å². The molecule has 0 saturated heterocycles. The Morgan fingerprint density at radius 1 is 1.00 bits per heavy atom. The monoisotopic (exact) mass is 341 g/mol. The number of hydrogen-bond donors (Lipinski definition) is 1. The zero-order valence-corrected chi connectivity index (χ0v) is 15.0. The van der Waals surface area contributed by atoms with Gasteiger partial charge in [0.2, 0.25) is 0 Å². The molecule has 0 aromatic heterocycles. The van der Waals surface area contributed by atoms with Crippen molar-refractivity contribution < 1.29 is 19.1 Å². The molecule has 2 rings (SSSR count). The molecule has 1 N–H and O–H groups in total. The topological polar surface area (TPSA) is 64.6 Å². The summed E-state index contributed by atoms with van der Waals surface area (Å²) in [4.78, 5) is 24.2. The summed E-state index contributed by atoms with van der Waals surface area (Å²) in [7, 11) is 0. The van der Waals surface area contributed by atoms with Crippen molar-refractivity contribution in [3.05, 3.63) is 58.7 Å². The summed E-state index contributed by atoms with van der Waals surface area (Å²) in [5, 5.41) is 2.68. The van der Waals surface area contributed by atoms with Gasteiger partial charge in [0.1, 0.15) is 5.75 Å². The smallest absolute Gasteiger partial charge is 0.339 e. The molecule has 0 radical (unpaired) electrons. The molecule has 0 heterocycles. The molecule has 0 atom stereocenters. The van der Waals surface area contributed by atoms with Crippen LogP contribution >= 0.6 is 0 Å². The molecule has 0 aliphatic carbocycles. The Morgan fingerprint density at radius 3 is 2.16 bits per heavy atom. The van der Waals surface area contributed by atoms with Crippen molar-refractivity contribution in [3.63, 3.8) is 0 Å². The molecule has 0 aliphatic rings. The summed E-state index contributed by atoms with van der Waals surface area (Å²) >= 11 is 0. The maximum atomic E-state index is 12.3. The number of carbonyl (C=O) groups excluding carboxylic acids is 2. The Kier molecular flexibility index (Phi) is 6.17. The summed E-state index contributed by atoms with van der Waals surface area (Å²) < 4.78 is 10.5. The molecular weight excluding hydrogens is 318 g/mol. The largest absolute Gasteiger partial charge is 0.494 e. The van der Waals surface area contributed by atoms with Crippen LogP contribution in [0.2, 0.25) is 0 Å². The Bertz CT molecular complexity index is 743. The Balaban J connectivity index is 1.92. The fourth-order valence-corrected chi connectivity index (χ4v) is 2.70. The highest BCUT2D eigenvalue weighted by atomic mass is 16.5. The summed E-state index contributed by atoms with van der Waals surface area (Å²) in [5.74, 6) is -0.144. The average Bonchev–Trinajstić information content (AvgIpc) is 2.54. The lowest BCUT2D eigenvalue weighted by molar-refractivity contribution is -0.119. The summed E-state index contributed by atoms with van der Waals surface area (Å²) in [5.41, 5.74) is 3.90. The Hall–Kier alpha value is -2.82. The quantitative estimate of drug-likeness (QED) is 0.812. The summed E-state index contributed by atoms with van der Waals surface area (Å²) in [6, 6.07) is 10.8. The van der Waals surface area contributed by atoms with E-state index in [2.05, 4.69) is 5.32 Å². The highest BCUT2D eigenvalue weighted by molar-refractivity contribution is 5.97. The summed E-state index contributed by atoms with van der Waals surface area (Å²) in [6.07, 6.45) is 0. The molecule has 2 aromatic rings. The number of benzene rings is 2. The normalized spacial score (nSPS) is 10.2. The lowest BCUT2D eigenvalue weighted by Crippen LogP contribution is -2.21. The Morgan fingerprint density at radius 2 is 1.60 bits per heavy atom. The van der Waals surface area contributed by atoms with Gasteiger partial charge in [0, 0.05) is 5.69 Å².